The SMILES string of the molecule is NNC(=O)COc1ccc(-c2ccc(I)cc2)cc1. The Bertz CT molecular complexity index is 553. The number of carbonyl (C=O) groups excluding carboxylic acids is 1. The van der Waals surface area contributed by atoms with Gasteiger partial charge in [-0.25, -0.2) is 5.84 Å². The molecule has 0 bridgehead atoms. The number of nitrogens with two attached hydrogens (primary N) is 1. The molecule has 0 unspecified atom stereocenters. The Kier molecular flexibility index (Phi) is 4.75. The van der Waals surface area contributed by atoms with E-state index in [4.69, 9.17) is 10.6 Å². The molecule has 0 spiro atoms. The second-order valence-electron chi connectivity index (χ2n) is 3.89. The van der Waals surface area contributed by atoms with Gasteiger partial charge in [-0.15, -0.1) is 0 Å². The number of hydrogen-bond donors (Lipinski definition) is 2. The molecule has 0 aromatic heterocycles. The van der Waals surface area contributed by atoms with Crippen LogP contribution in [0.5, 0.6) is 5.75 Å². The van der Waals surface area contributed by atoms with Gasteiger partial charge in [0.1, 0.15) is 5.75 Å². The van der Waals surface area contributed by atoms with E-state index < -0.39 is 0 Å². The lowest BCUT2D eigenvalue weighted by Crippen LogP contribution is -2.34. The molecule has 0 fully saturated rings. The summed E-state index contributed by atoms with van der Waals surface area (Å²) < 4.78 is 6.48. The molecular weight excluding hydrogens is 355 g/mol. The molecule has 98 valence electrons. The lowest BCUT2D eigenvalue weighted by atomic mass is 10.1. The third-order valence-corrected chi connectivity index (χ3v) is 3.28. The van der Waals surface area contributed by atoms with Crippen molar-refractivity contribution in [3.63, 3.8) is 0 Å². The van der Waals surface area contributed by atoms with Gasteiger partial charge in [0.05, 0.1) is 0 Å². The molecule has 0 aliphatic rings. The Morgan fingerprint density at radius 2 is 1.58 bits per heavy atom. The Hall–Kier alpha value is -1.60. The van der Waals surface area contributed by atoms with Crippen LogP contribution in [-0.4, -0.2) is 12.5 Å². The van der Waals surface area contributed by atoms with E-state index >= 15 is 0 Å². The Morgan fingerprint density at radius 3 is 2.11 bits per heavy atom. The third-order valence-electron chi connectivity index (χ3n) is 2.56. The Morgan fingerprint density at radius 1 is 1.05 bits per heavy atom. The maximum atomic E-state index is 10.9. The number of rotatable bonds is 4. The zero-order valence-corrected chi connectivity index (χ0v) is 12.3. The zero-order chi connectivity index (χ0) is 13.7. The van der Waals surface area contributed by atoms with Crippen LogP contribution in [-0.2, 0) is 4.79 Å². The highest BCUT2D eigenvalue weighted by atomic mass is 127. The molecule has 4 nitrogen and oxygen atoms in total. The summed E-state index contributed by atoms with van der Waals surface area (Å²) in [5.41, 5.74) is 4.26. The van der Waals surface area contributed by atoms with Crippen LogP contribution in [0, 0.1) is 3.57 Å². The van der Waals surface area contributed by atoms with E-state index in [-0.39, 0.29) is 12.5 Å². The van der Waals surface area contributed by atoms with E-state index in [1.807, 2.05) is 29.7 Å². The first-order valence-electron chi connectivity index (χ1n) is 5.67. The van der Waals surface area contributed by atoms with E-state index in [0.717, 1.165) is 11.1 Å². The molecule has 0 saturated heterocycles. The summed E-state index contributed by atoms with van der Waals surface area (Å²) in [7, 11) is 0. The summed E-state index contributed by atoms with van der Waals surface area (Å²) in [5, 5.41) is 0. The van der Waals surface area contributed by atoms with Crippen LogP contribution in [0.2, 0.25) is 0 Å². The number of amides is 1. The monoisotopic (exact) mass is 368 g/mol. The molecule has 0 saturated carbocycles. The van der Waals surface area contributed by atoms with Gasteiger partial charge in [0.25, 0.3) is 5.91 Å². The number of hydrogen-bond acceptors (Lipinski definition) is 3. The fourth-order valence-electron chi connectivity index (χ4n) is 1.58. The number of nitrogens with one attached hydrogen (secondary N) is 1. The van der Waals surface area contributed by atoms with Gasteiger partial charge in [0.2, 0.25) is 0 Å². The van der Waals surface area contributed by atoms with Crippen molar-refractivity contribution in [1.29, 1.82) is 0 Å². The predicted octanol–water partition coefficient (Wildman–Crippen LogP) is 2.33. The van der Waals surface area contributed by atoms with Crippen molar-refractivity contribution in [2.45, 2.75) is 0 Å². The van der Waals surface area contributed by atoms with Crippen molar-refractivity contribution in [3.05, 3.63) is 52.1 Å². The highest BCUT2D eigenvalue weighted by Crippen LogP contribution is 2.23. The van der Waals surface area contributed by atoms with Gasteiger partial charge in [-0.3, -0.25) is 10.2 Å². The maximum absolute atomic E-state index is 10.9. The molecule has 0 aliphatic heterocycles. The molecule has 1 amide bonds. The van der Waals surface area contributed by atoms with Gasteiger partial charge in [-0.05, 0) is 58.0 Å². The molecule has 0 atom stereocenters. The van der Waals surface area contributed by atoms with Gasteiger partial charge in [-0.2, -0.15) is 0 Å². The number of halogens is 1. The first-order valence-corrected chi connectivity index (χ1v) is 6.75. The molecular formula is C14H13IN2O2. The summed E-state index contributed by atoms with van der Waals surface area (Å²) in [6.45, 7) is -0.0839. The van der Waals surface area contributed by atoms with Crippen molar-refractivity contribution >= 4 is 28.5 Å². The number of carbonyl (C=O) groups is 1. The standard InChI is InChI=1S/C14H13IN2O2/c15-12-5-1-10(2-6-12)11-3-7-13(8-4-11)19-9-14(18)17-16/h1-8H,9,16H2,(H,17,18). The number of ether oxygens (including phenoxy) is 1. The molecule has 2 rings (SSSR count). The highest BCUT2D eigenvalue weighted by Gasteiger charge is 2.01. The van der Waals surface area contributed by atoms with Gasteiger partial charge in [-0.1, -0.05) is 24.3 Å². The zero-order valence-electron chi connectivity index (χ0n) is 10.1. The van der Waals surface area contributed by atoms with Crippen LogP contribution in [0.3, 0.4) is 0 Å². The van der Waals surface area contributed by atoms with Crippen molar-refractivity contribution in [2.75, 3.05) is 6.61 Å². The lowest BCUT2D eigenvalue weighted by Gasteiger charge is -2.06. The Labute approximate surface area is 125 Å². The summed E-state index contributed by atoms with van der Waals surface area (Å²) in [6.07, 6.45) is 0. The van der Waals surface area contributed by atoms with Gasteiger partial charge < -0.3 is 4.74 Å². The maximum Gasteiger partial charge on any atom is 0.271 e. The molecule has 5 heteroatoms. The molecule has 2 aromatic carbocycles. The van der Waals surface area contributed by atoms with Crippen LogP contribution in [0.4, 0.5) is 0 Å². The molecule has 0 aliphatic carbocycles. The van der Waals surface area contributed by atoms with E-state index in [0.29, 0.717) is 5.75 Å². The highest BCUT2D eigenvalue weighted by molar-refractivity contribution is 14.1. The second kappa shape index (κ2) is 6.53. The average Bonchev–Trinajstić information content (AvgIpc) is 2.46. The molecule has 19 heavy (non-hydrogen) atoms. The van der Waals surface area contributed by atoms with E-state index in [1.165, 1.54) is 3.57 Å². The van der Waals surface area contributed by atoms with Gasteiger partial charge >= 0.3 is 0 Å². The summed E-state index contributed by atoms with van der Waals surface area (Å²) in [6, 6.07) is 15.8. The Balaban J connectivity index is 2.06. The van der Waals surface area contributed by atoms with Gasteiger partial charge in [0, 0.05) is 3.57 Å². The molecule has 0 radical (unpaired) electrons. The van der Waals surface area contributed by atoms with E-state index in [1.54, 1.807) is 0 Å². The molecule has 0 heterocycles. The van der Waals surface area contributed by atoms with Crippen molar-refractivity contribution in [3.8, 4) is 16.9 Å². The van der Waals surface area contributed by atoms with Crippen LogP contribution in [0.25, 0.3) is 11.1 Å². The molecule has 2 aromatic rings. The quantitative estimate of drug-likeness (QED) is 0.377. The average molecular weight is 368 g/mol. The van der Waals surface area contributed by atoms with E-state index in [2.05, 4.69) is 46.9 Å². The third kappa shape index (κ3) is 3.93. The summed E-state index contributed by atoms with van der Waals surface area (Å²) in [4.78, 5) is 10.9. The minimum atomic E-state index is -0.360. The number of hydrazine groups is 1. The number of benzene rings is 2. The van der Waals surface area contributed by atoms with Gasteiger partial charge in [0.15, 0.2) is 6.61 Å². The van der Waals surface area contributed by atoms with Crippen LogP contribution in [0.1, 0.15) is 0 Å². The fourth-order valence-corrected chi connectivity index (χ4v) is 1.94. The van der Waals surface area contributed by atoms with Crippen molar-refractivity contribution < 1.29 is 9.53 Å². The van der Waals surface area contributed by atoms with E-state index in [9.17, 15) is 4.79 Å². The fraction of sp³-hybridized carbons (Fsp3) is 0.0714. The first kappa shape index (κ1) is 13.8. The smallest absolute Gasteiger partial charge is 0.271 e. The predicted molar refractivity (Wildman–Crippen MR) is 82.4 cm³/mol. The van der Waals surface area contributed by atoms with Crippen molar-refractivity contribution in [1.82, 2.24) is 5.43 Å². The lowest BCUT2D eigenvalue weighted by molar-refractivity contribution is -0.123. The largest absolute Gasteiger partial charge is 0.484 e. The summed E-state index contributed by atoms with van der Waals surface area (Å²) >= 11 is 2.27. The normalized spacial score (nSPS) is 10.0. The van der Waals surface area contributed by atoms with Crippen LogP contribution in [0.15, 0.2) is 48.5 Å². The van der Waals surface area contributed by atoms with Crippen LogP contribution < -0.4 is 16.0 Å². The first-order chi connectivity index (χ1) is 9.19. The minimum absolute atomic E-state index is 0.0839. The topological polar surface area (TPSA) is 64.3 Å². The summed E-state index contributed by atoms with van der Waals surface area (Å²) in [5.74, 6) is 5.25. The molecule has 3 N–H and O–H groups in total. The minimum Gasteiger partial charge on any atom is -0.484 e. The van der Waals surface area contributed by atoms with Crippen LogP contribution >= 0.6 is 22.6 Å². The van der Waals surface area contributed by atoms with Crippen molar-refractivity contribution in [2.24, 2.45) is 5.84 Å². The second-order valence-corrected chi connectivity index (χ2v) is 5.13.